The van der Waals surface area contributed by atoms with Crippen LogP contribution in [0.4, 0.5) is 4.39 Å². The first kappa shape index (κ1) is 23.8. The molecule has 1 aromatic heterocycles. The molecule has 2 N–H and O–H groups in total. The van der Waals surface area contributed by atoms with Crippen LogP contribution in [0.1, 0.15) is 17.7 Å². The Balaban J connectivity index is 1.25. The topological polar surface area (TPSA) is 104 Å². The fourth-order valence-corrected chi connectivity index (χ4v) is 4.94. The minimum Gasteiger partial charge on any atom is -0.379 e. The Morgan fingerprint density at radius 1 is 1.06 bits per heavy atom. The lowest BCUT2D eigenvalue weighted by molar-refractivity contribution is -0.121. The third-order valence-corrected chi connectivity index (χ3v) is 7.34. The van der Waals surface area contributed by atoms with Crippen molar-refractivity contribution in [3.8, 4) is 11.3 Å². The van der Waals surface area contributed by atoms with Gasteiger partial charge in [0.15, 0.2) is 0 Å². The molecule has 1 fully saturated rings. The van der Waals surface area contributed by atoms with Crippen molar-refractivity contribution in [1.82, 2.24) is 14.7 Å². The molecule has 2 aromatic carbocycles. The molecule has 1 aliphatic rings. The quantitative estimate of drug-likeness (QED) is 0.379. The maximum atomic E-state index is 13.1. The SMILES string of the molecule is O=C(CCc1ccc(S(=O)(=O)N2CCOCC2)cc1)N/N=C/c1ccc(-c2ccc(F)cc2)[nH]1. The van der Waals surface area contributed by atoms with Crippen molar-refractivity contribution in [2.75, 3.05) is 26.3 Å². The Hall–Kier alpha value is -3.34. The molecule has 34 heavy (non-hydrogen) atoms. The van der Waals surface area contributed by atoms with E-state index in [4.69, 9.17) is 4.74 Å². The highest BCUT2D eigenvalue weighted by molar-refractivity contribution is 7.89. The van der Waals surface area contributed by atoms with Crippen LogP contribution in [-0.2, 0) is 26.0 Å². The summed E-state index contributed by atoms with van der Waals surface area (Å²) in [5.41, 5.74) is 5.68. The summed E-state index contributed by atoms with van der Waals surface area (Å²) in [7, 11) is -3.53. The van der Waals surface area contributed by atoms with Gasteiger partial charge in [0, 0.05) is 25.2 Å². The highest BCUT2D eigenvalue weighted by Gasteiger charge is 2.26. The van der Waals surface area contributed by atoms with Gasteiger partial charge in [-0.15, -0.1) is 0 Å². The molecule has 0 saturated carbocycles. The van der Waals surface area contributed by atoms with Gasteiger partial charge in [0.2, 0.25) is 15.9 Å². The average molecular weight is 485 g/mol. The Kier molecular flexibility index (Phi) is 7.51. The summed E-state index contributed by atoms with van der Waals surface area (Å²) < 4.78 is 45.0. The van der Waals surface area contributed by atoms with Crippen molar-refractivity contribution in [3.05, 3.63) is 77.7 Å². The van der Waals surface area contributed by atoms with Crippen molar-refractivity contribution in [2.45, 2.75) is 17.7 Å². The lowest BCUT2D eigenvalue weighted by Gasteiger charge is -2.26. The van der Waals surface area contributed by atoms with E-state index in [0.717, 1.165) is 16.8 Å². The predicted molar refractivity (Wildman–Crippen MR) is 126 cm³/mol. The van der Waals surface area contributed by atoms with Crippen LogP contribution in [0.5, 0.6) is 0 Å². The smallest absolute Gasteiger partial charge is 0.243 e. The Morgan fingerprint density at radius 2 is 1.76 bits per heavy atom. The zero-order valence-electron chi connectivity index (χ0n) is 18.4. The van der Waals surface area contributed by atoms with Crippen molar-refractivity contribution < 1.29 is 22.3 Å². The monoisotopic (exact) mass is 484 g/mol. The molecule has 0 atom stereocenters. The molecule has 0 aliphatic carbocycles. The van der Waals surface area contributed by atoms with Crippen LogP contribution in [0.2, 0.25) is 0 Å². The highest BCUT2D eigenvalue weighted by Crippen LogP contribution is 2.19. The fraction of sp³-hybridized carbons (Fsp3) is 0.250. The summed E-state index contributed by atoms with van der Waals surface area (Å²) in [4.78, 5) is 15.5. The zero-order valence-corrected chi connectivity index (χ0v) is 19.2. The second-order valence-electron chi connectivity index (χ2n) is 7.79. The number of halogens is 1. The number of rotatable bonds is 8. The summed E-state index contributed by atoms with van der Waals surface area (Å²) in [6, 6.07) is 16.4. The maximum Gasteiger partial charge on any atom is 0.243 e. The van der Waals surface area contributed by atoms with Gasteiger partial charge >= 0.3 is 0 Å². The molecule has 3 aromatic rings. The number of nitrogens with zero attached hydrogens (tertiary/aromatic N) is 2. The molecule has 2 heterocycles. The number of benzene rings is 2. The predicted octanol–water partition coefficient (Wildman–Crippen LogP) is 2.92. The van der Waals surface area contributed by atoms with Crippen LogP contribution in [0.25, 0.3) is 11.3 Å². The van der Waals surface area contributed by atoms with Gasteiger partial charge < -0.3 is 9.72 Å². The molecule has 0 bridgehead atoms. The Bertz CT molecular complexity index is 1250. The molecule has 0 spiro atoms. The largest absolute Gasteiger partial charge is 0.379 e. The number of hydrazone groups is 1. The number of ether oxygens (including phenoxy) is 1. The average Bonchev–Trinajstić information content (AvgIpc) is 3.33. The van der Waals surface area contributed by atoms with Gasteiger partial charge in [0.25, 0.3) is 0 Å². The van der Waals surface area contributed by atoms with Gasteiger partial charge in [-0.25, -0.2) is 18.2 Å². The number of hydrogen-bond acceptors (Lipinski definition) is 5. The van der Waals surface area contributed by atoms with E-state index < -0.39 is 10.0 Å². The lowest BCUT2D eigenvalue weighted by Crippen LogP contribution is -2.40. The van der Waals surface area contributed by atoms with Gasteiger partial charge in [-0.05, 0) is 66.1 Å². The number of aromatic amines is 1. The summed E-state index contributed by atoms with van der Waals surface area (Å²) in [6.45, 7) is 1.49. The third kappa shape index (κ3) is 5.96. The van der Waals surface area contributed by atoms with Gasteiger partial charge in [0.05, 0.1) is 30.0 Å². The third-order valence-electron chi connectivity index (χ3n) is 5.43. The van der Waals surface area contributed by atoms with E-state index in [1.807, 2.05) is 6.07 Å². The minimum atomic E-state index is -3.53. The van der Waals surface area contributed by atoms with Gasteiger partial charge in [-0.1, -0.05) is 12.1 Å². The summed E-state index contributed by atoms with van der Waals surface area (Å²) in [6.07, 6.45) is 2.16. The number of aromatic nitrogens is 1. The number of carbonyl (C=O) groups is 1. The van der Waals surface area contributed by atoms with E-state index in [9.17, 15) is 17.6 Å². The van der Waals surface area contributed by atoms with E-state index in [-0.39, 0.29) is 23.0 Å². The second kappa shape index (κ2) is 10.7. The second-order valence-corrected chi connectivity index (χ2v) is 9.73. The number of sulfonamides is 1. The summed E-state index contributed by atoms with van der Waals surface area (Å²) in [5, 5.41) is 3.96. The molecule has 0 radical (unpaired) electrons. The lowest BCUT2D eigenvalue weighted by atomic mass is 10.1. The van der Waals surface area contributed by atoms with E-state index in [1.165, 1.54) is 22.7 Å². The maximum absolute atomic E-state index is 13.1. The first-order chi connectivity index (χ1) is 16.4. The van der Waals surface area contributed by atoms with Crippen LogP contribution in [0, 0.1) is 5.82 Å². The number of H-pyrrole nitrogens is 1. The van der Waals surface area contributed by atoms with Crippen LogP contribution < -0.4 is 5.43 Å². The number of amides is 1. The molecule has 1 amide bonds. The molecule has 4 rings (SSSR count). The molecule has 8 nitrogen and oxygen atoms in total. The summed E-state index contributed by atoms with van der Waals surface area (Å²) in [5.74, 6) is -0.555. The minimum absolute atomic E-state index is 0.207. The molecule has 178 valence electrons. The van der Waals surface area contributed by atoms with Gasteiger partial charge in [-0.3, -0.25) is 4.79 Å². The normalized spacial score (nSPS) is 15.0. The molecular formula is C24H25FN4O4S. The van der Waals surface area contributed by atoms with Crippen molar-refractivity contribution in [1.29, 1.82) is 0 Å². The molecule has 10 heteroatoms. The van der Waals surface area contributed by atoms with Crippen LogP contribution >= 0.6 is 0 Å². The number of nitrogens with one attached hydrogen (secondary N) is 2. The van der Waals surface area contributed by atoms with Crippen LogP contribution in [0.3, 0.4) is 0 Å². The van der Waals surface area contributed by atoms with E-state index in [0.29, 0.717) is 38.4 Å². The van der Waals surface area contributed by atoms with Crippen molar-refractivity contribution in [3.63, 3.8) is 0 Å². The highest BCUT2D eigenvalue weighted by atomic mass is 32.2. The van der Waals surface area contributed by atoms with E-state index in [1.54, 1.807) is 42.5 Å². The van der Waals surface area contributed by atoms with Crippen molar-refractivity contribution in [2.24, 2.45) is 5.10 Å². The van der Waals surface area contributed by atoms with Crippen molar-refractivity contribution >= 4 is 22.1 Å². The standard InChI is InChI=1S/C24H25FN4O4S/c25-20-6-4-19(5-7-20)23-11-8-21(27-23)17-26-28-24(30)12-3-18-1-9-22(10-2-18)34(31,32)29-13-15-33-16-14-29/h1-2,4-11,17,27H,3,12-16H2,(H,28,30)/b26-17+. The molecule has 1 saturated heterocycles. The van der Waals surface area contributed by atoms with Crippen LogP contribution in [0.15, 0.2) is 70.7 Å². The Labute approximate surface area is 197 Å². The number of hydrogen-bond donors (Lipinski definition) is 2. The number of aryl methyl sites for hydroxylation is 1. The van der Waals surface area contributed by atoms with E-state index >= 15 is 0 Å². The molecule has 1 aliphatic heterocycles. The van der Waals surface area contributed by atoms with Gasteiger partial charge in [0.1, 0.15) is 5.82 Å². The first-order valence-corrected chi connectivity index (χ1v) is 12.3. The molecule has 0 unspecified atom stereocenters. The zero-order chi connectivity index (χ0) is 24.0. The number of carbonyl (C=O) groups excluding carboxylic acids is 1. The fourth-order valence-electron chi connectivity index (χ4n) is 3.54. The first-order valence-electron chi connectivity index (χ1n) is 10.9. The van der Waals surface area contributed by atoms with Crippen LogP contribution in [-0.4, -0.2) is 56.1 Å². The molecular weight excluding hydrogens is 459 g/mol. The van der Waals surface area contributed by atoms with E-state index in [2.05, 4.69) is 15.5 Å². The number of morpholine rings is 1. The van der Waals surface area contributed by atoms with Gasteiger partial charge in [-0.2, -0.15) is 9.41 Å². The Morgan fingerprint density at radius 3 is 2.47 bits per heavy atom. The summed E-state index contributed by atoms with van der Waals surface area (Å²) >= 11 is 0.